The maximum Gasteiger partial charge on any atom is 0.223 e. The molecule has 0 radical (unpaired) electrons. The molecule has 0 atom stereocenters. The van der Waals surface area contributed by atoms with Crippen molar-refractivity contribution in [1.29, 1.82) is 0 Å². The minimum atomic E-state index is 0.223. The quantitative estimate of drug-likeness (QED) is 0.877. The van der Waals surface area contributed by atoms with Crippen LogP contribution in [0.1, 0.15) is 23.3 Å². The first-order valence-electron chi connectivity index (χ1n) is 7.59. The van der Waals surface area contributed by atoms with Gasteiger partial charge < -0.3 is 10.6 Å². The molecule has 0 spiro atoms. The molecule has 1 fully saturated rings. The molecule has 0 saturated carbocycles. The largest absolute Gasteiger partial charge is 0.355 e. The van der Waals surface area contributed by atoms with Gasteiger partial charge in [-0.3, -0.25) is 9.69 Å². The fourth-order valence-electron chi connectivity index (χ4n) is 3.06. The molecule has 1 aromatic rings. The first-order valence-corrected chi connectivity index (χ1v) is 8.47. The molecule has 2 aliphatic rings. The molecule has 3 rings (SSSR count). The van der Waals surface area contributed by atoms with E-state index in [0.717, 1.165) is 58.5 Å². The Balaban J connectivity index is 1.39. The summed E-state index contributed by atoms with van der Waals surface area (Å²) >= 11 is 1.87. The predicted octanol–water partition coefficient (Wildman–Crippen LogP) is 1.22. The Morgan fingerprint density at radius 3 is 3.15 bits per heavy atom. The third-order valence-corrected chi connectivity index (χ3v) is 5.35. The molecule has 2 N–H and O–H groups in total. The van der Waals surface area contributed by atoms with Crippen molar-refractivity contribution in [3.05, 3.63) is 21.9 Å². The summed E-state index contributed by atoms with van der Waals surface area (Å²) in [6.45, 7) is 5.86. The summed E-state index contributed by atoms with van der Waals surface area (Å²) in [5, 5.41) is 8.60. The van der Waals surface area contributed by atoms with E-state index in [1.165, 1.54) is 5.56 Å². The van der Waals surface area contributed by atoms with E-state index >= 15 is 0 Å². The summed E-state index contributed by atoms with van der Waals surface area (Å²) in [4.78, 5) is 16.0. The second-order valence-corrected chi connectivity index (χ2v) is 6.71. The molecule has 0 aliphatic carbocycles. The van der Waals surface area contributed by atoms with Crippen molar-refractivity contribution in [2.75, 3.05) is 32.7 Å². The predicted molar refractivity (Wildman–Crippen MR) is 81.9 cm³/mol. The van der Waals surface area contributed by atoms with E-state index in [2.05, 4.69) is 27.0 Å². The number of nitrogens with one attached hydrogen (secondary N) is 2. The maximum absolute atomic E-state index is 12.0. The third-order valence-electron chi connectivity index (χ3n) is 4.32. The Bertz CT molecular complexity index is 454. The van der Waals surface area contributed by atoms with E-state index < -0.39 is 0 Å². The van der Waals surface area contributed by atoms with Gasteiger partial charge in [0, 0.05) is 37.0 Å². The van der Waals surface area contributed by atoms with Crippen molar-refractivity contribution in [2.45, 2.75) is 25.8 Å². The second-order valence-electron chi connectivity index (χ2n) is 5.71. The topological polar surface area (TPSA) is 44.4 Å². The zero-order chi connectivity index (χ0) is 13.8. The fourth-order valence-corrected chi connectivity index (χ4v) is 3.95. The van der Waals surface area contributed by atoms with Crippen LogP contribution in [0.5, 0.6) is 0 Å². The van der Waals surface area contributed by atoms with Crippen LogP contribution in [0.3, 0.4) is 0 Å². The monoisotopic (exact) mass is 293 g/mol. The van der Waals surface area contributed by atoms with Gasteiger partial charge in [-0.25, -0.2) is 0 Å². The van der Waals surface area contributed by atoms with Crippen LogP contribution in [0.15, 0.2) is 11.4 Å². The molecule has 110 valence electrons. The van der Waals surface area contributed by atoms with Gasteiger partial charge in [0.25, 0.3) is 0 Å². The molecule has 1 saturated heterocycles. The number of hydrogen-bond acceptors (Lipinski definition) is 4. The average molecular weight is 293 g/mol. The number of thiophene rings is 1. The van der Waals surface area contributed by atoms with Gasteiger partial charge in [0.1, 0.15) is 0 Å². The number of piperidine rings is 1. The van der Waals surface area contributed by atoms with Crippen LogP contribution in [0.25, 0.3) is 0 Å². The number of hydrogen-bond donors (Lipinski definition) is 2. The lowest BCUT2D eigenvalue weighted by Gasteiger charge is -2.27. The van der Waals surface area contributed by atoms with Crippen LogP contribution in [-0.2, 0) is 17.8 Å². The maximum atomic E-state index is 12.0. The lowest BCUT2D eigenvalue weighted by molar-refractivity contribution is -0.125. The van der Waals surface area contributed by atoms with Gasteiger partial charge in [-0.05, 0) is 49.4 Å². The van der Waals surface area contributed by atoms with Crippen LogP contribution < -0.4 is 10.6 Å². The smallest absolute Gasteiger partial charge is 0.223 e. The molecular formula is C15H23N3OS. The highest BCUT2D eigenvalue weighted by atomic mass is 32.1. The van der Waals surface area contributed by atoms with Gasteiger partial charge in [-0.15, -0.1) is 11.3 Å². The van der Waals surface area contributed by atoms with Gasteiger partial charge >= 0.3 is 0 Å². The van der Waals surface area contributed by atoms with E-state index in [4.69, 9.17) is 0 Å². The summed E-state index contributed by atoms with van der Waals surface area (Å²) in [5.41, 5.74) is 1.48. The van der Waals surface area contributed by atoms with Crippen molar-refractivity contribution in [1.82, 2.24) is 15.5 Å². The highest BCUT2D eigenvalue weighted by Crippen LogP contribution is 2.23. The fraction of sp³-hybridized carbons (Fsp3) is 0.667. The van der Waals surface area contributed by atoms with Crippen molar-refractivity contribution >= 4 is 17.2 Å². The van der Waals surface area contributed by atoms with Gasteiger partial charge in [0.05, 0.1) is 0 Å². The average Bonchev–Trinajstić information content (AvgIpc) is 2.95. The number of nitrogens with zero attached hydrogens (tertiary/aromatic N) is 1. The standard InChI is InChI=1S/C15H23N3OS/c19-15(12-1-5-16-6-2-12)17-7-9-18-8-3-14-13(11-18)4-10-20-14/h4,10,12,16H,1-3,5-9,11H2,(H,17,19). The van der Waals surface area contributed by atoms with Gasteiger partial charge in [0.2, 0.25) is 5.91 Å². The van der Waals surface area contributed by atoms with Gasteiger partial charge in [0.15, 0.2) is 0 Å². The van der Waals surface area contributed by atoms with Crippen LogP contribution in [0, 0.1) is 5.92 Å². The Labute approximate surface area is 124 Å². The number of carbonyl (C=O) groups is 1. The van der Waals surface area contributed by atoms with Crippen LogP contribution in [0.4, 0.5) is 0 Å². The van der Waals surface area contributed by atoms with Crippen LogP contribution in [0.2, 0.25) is 0 Å². The normalized spacial score (nSPS) is 20.6. The third kappa shape index (κ3) is 3.40. The van der Waals surface area contributed by atoms with Gasteiger partial charge in [-0.2, -0.15) is 0 Å². The molecule has 20 heavy (non-hydrogen) atoms. The van der Waals surface area contributed by atoms with Crippen molar-refractivity contribution < 1.29 is 4.79 Å². The van der Waals surface area contributed by atoms with Crippen molar-refractivity contribution in [3.63, 3.8) is 0 Å². The first-order chi connectivity index (χ1) is 9.83. The number of fused-ring (bicyclic) bond motifs is 1. The number of amides is 1. The Morgan fingerprint density at radius 1 is 1.45 bits per heavy atom. The van der Waals surface area contributed by atoms with Gasteiger partial charge in [-0.1, -0.05) is 0 Å². The van der Waals surface area contributed by atoms with Crippen LogP contribution >= 0.6 is 11.3 Å². The molecule has 5 heteroatoms. The molecule has 0 bridgehead atoms. The number of rotatable bonds is 4. The lowest BCUT2D eigenvalue weighted by Crippen LogP contribution is -2.42. The van der Waals surface area contributed by atoms with Crippen LogP contribution in [-0.4, -0.2) is 43.5 Å². The van der Waals surface area contributed by atoms with Crippen molar-refractivity contribution in [3.8, 4) is 0 Å². The van der Waals surface area contributed by atoms with E-state index in [1.807, 2.05) is 11.3 Å². The zero-order valence-corrected chi connectivity index (χ0v) is 12.7. The second kappa shape index (κ2) is 6.70. The summed E-state index contributed by atoms with van der Waals surface area (Å²) in [6, 6.07) is 2.24. The van der Waals surface area contributed by atoms with E-state index in [0.29, 0.717) is 0 Å². The highest BCUT2D eigenvalue weighted by molar-refractivity contribution is 7.10. The minimum Gasteiger partial charge on any atom is -0.355 e. The zero-order valence-electron chi connectivity index (χ0n) is 11.9. The van der Waals surface area contributed by atoms with Crippen molar-refractivity contribution in [2.24, 2.45) is 5.92 Å². The highest BCUT2D eigenvalue weighted by Gasteiger charge is 2.21. The van der Waals surface area contributed by atoms with E-state index in [9.17, 15) is 4.79 Å². The number of carbonyl (C=O) groups excluding carboxylic acids is 1. The summed E-state index contributed by atoms with van der Waals surface area (Å²) in [5.74, 6) is 0.473. The molecule has 2 aliphatic heterocycles. The molecule has 1 aromatic heterocycles. The Kier molecular flexibility index (Phi) is 4.70. The molecular weight excluding hydrogens is 270 g/mol. The summed E-state index contributed by atoms with van der Waals surface area (Å²) < 4.78 is 0. The molecule has 3 heterocycles. The SMILES string of the molecule is O=C(NCCN1CCc2sccc2C1)C1CCNCC1. The summed E-state index contributed by atoms with van der Waals surface area (Å²) in [7, 11) is 0. The Morgan fingerprint density at radius 2 is 2.30 bits per heavy atom. The Hall–Kier alpha value is -0.910. The molecule has 0 aromatic carbocycles. The summed E-state index contributed by atoms with van der Waals surface area (Å²) in [6.07, 6.45) is 3.12. The molecule has 1 amide bonds. The van der Waals surface area contributed by atoms with E-state index in [-0.39, 0.29) is 11.8 Å². The molecule has 0 unspecified atom stereocenters. The first kappa shape index (κ1) is 14.0. The molecule has 4 nitrogen and oxygen atoms in total. The lowest BCUT2D eigenvalue weighted by atomic mass is 9.97. The van der Waals surface area contributed by atoms with E-state index in [1.54, 1.807) is 4.88 Å². The minimum absolute atomic E-state index is 0.223.